The fraction of sp³-hybridized carbons (Fsp3) is 0.320. The zero-order valence-electron chi connectivity index (χ0n) is 18.3. The van der Waals surface area contributed by atoms with Gasteiger partial charge < -0.3 is 15.0 Å². The number of amides is 1. The Kier molecular flexibility index (Phi) is 6.28. The zero-order valence-corrected chi connectivity index (χ0v) is 18.3. The van der Waals surface area contributed by atoms with Crippen LogP contribution in [0, 0.1) is 6.92 Å². The van der Waals surface area contributed by atoms with E-state index in [1.54, 1.807) is 12.3 Å². The van der Waals surface area contributed by atoms with Crippen LogP contribution in [0.1, 0.15) is 41.4 Å². The number of aromatic nitrogens is 2. The summed E-state index contributed by atoms with van der Waals surface area (Å²) in [6, 6.07) is 16.3. The summed E-state index contributed by atoms with van der Waals surface area (Å²) in [6.45, 7) is 9.52. The lowest BCUT2D eigenvalue weighted by Gasteiger charge is -2.29. The summed E-state index contributed by atoms with van der Waals surface area (Å²) in [5.74, 6) is 0.0265. The second-order valence-corrected chi connectivity index (χ2v) is 8.16. The number of hydrogen-bond donors (Lipinski definition) is 1. The average molecular weight is 417 g/mol. The zero-order chi connectivity index (χ0) is 21.8. The maximum absolute atomic E-state index is 12.8. The van der Waals surface area contributed by atoms with Gasteiger partial charge in [0.05, 0.1) is 19.4 Å². The molecule has 1 saturated heterocycles. The third-order valence-electron chi connectivity index (χ3n) is 5.60. The van der Waals surface area contributed by atoms with Gasteiger partial charge in [-0.05, 0) is 65.4 Å². The van der Waals surface area contributed by atoms with Crippen LogP contribution in [0.5, 0.6) is 0 Å². The van der Waals surface area contributed by atoms with Crippen molar-refractivity contribution in [1.29, 1.82) is 0 Å². The summed E-state index contributed by atoms with van der Waals surface area (Å²) in [7, 11) is 0. The molecular weight excluding hydrogens is 388 g/mol. The van der Waals surface area contributed by atoms with Crippen molar-refractivity contribution >= 4 is 17.3 Å². The maximum atomic E-state index is 12.8. The van der Waals surface area contributed by atoms with Crippen molar-refractivity contribution in [2.24, 2.45) is 0 Å². The number of anilines is 2. The number of carbonyl (C=O) groups excluding carboxylic acids is 1. The molecule has 4 rings (SSSR count). The van der Waals surface area contributed by atoms with E-state index in [0.29, 0.717) is 5.69 Å². The number of carbonyl (C=O) groups is 1. The number of aryl methyl sites for hydroxylation is 1. The highest BCUT2D eigenvalue weighted by Gasteiger charge is 2.14. The molecule has 0 aliphatic carbocycles. The molecule has 31 heavy (non-hydrogen) atoms. The average Bonchev–Trinajstić information content (AvgIpc) is 2.81. The monoisotopic (exact) mass is 416 g/mol. The molecule has 1 amide bonds. The molecule has 2 heterocycles. The molecule has 1 aliphatic rings. The second kappa shape index (κ2) is 9.27. The molecule has 0 bridgehead atoms. The first-order valence-corrected chi connectivity index (χ1v) is 10.7. The van der Waals surface area contributed by atoms with Gasteiger partial charge in [-0.2, -0.15) is 5.10 Å². The minimum atomic E-state index is -0.258. The smallest absolute Gasteiger partial charge is 0.276 e. The molecule has 6 heteroatoms. The first-order valence-electron chi connectivity index (χ1n) is 10.7. The van der Waals surface area contributed by atoms with E-state index in [2.05, 4.69) is 65.5 Å². The van der Waals surface area contributed by atoms with Crippen LogP contribution in [0.25, 0.3) is 11.1 Å². The van der Waals surface area contributed by atoms with Gasteiger partial charge in [0.15, 0.2) is 5.69 Å². The summed E-state index contributed by atoms with van der Waals surface area (Å²) in [4.78, 5) is 15.1. The summed E-state index contributed by atoms with van der Waals surface area (Å²) in [5, 5.41) is 11.0. The van der Waals surface area contributed by atoms with Crippen molar-refractivity contribution < 1.29 is 9.53 Å². The number of nitrogens with zero attached hydrogens (tertiary/aromatic N) is 3. The number of hydrogen-bond acceptors (Lipinski definition) is 5. The Morgan fingerprint density at radius 3 is 2.68 bits per heavy atom. The third-order valence-corrected chi connectivity index (χ3v) is 5.60. The van der Waals surface area contributed by atoms with Crippen LogP contribution in [0.15, 0.2) is 54.7 Å². The lowest BCUT2D eigenvalue weighted by Crippen LogP contribution is -2.36. The molecule has 0 atom stereocenters. The van der Waals surface area contributed by atoms with Crippen LogP contribution in [-0.2, 0) is 4.74 Å². The van der Waals surface area contributed by atoms with E-state index in [0.717, 1.165) is 54.2 Å². The van der Waals surface area contributed by atoms with Crippen molar-refractivity contribution in [2.75, 3.05) is 36.5 Å². The molecule has 1 aliphatic heterocycles. The SMILES string of the molecule is Cc1ccc(NC(=O)c2cc(C(C)C)cnn2)cc1-c1cccc(N2CCOCC2)c1. The van der Waals surface area contributed by atoms with E-state index >= 15 is 0 Å². The quantitative estimate of drug-likeness (QED) is 0.655. The van der Waals surface area contributed by atoms with Crippen LogP contribution in [0.3, 0.4) is 0 Å². The van der Waals surface area contributed by atoms with E-state index in [-0.39, 0.29) is 11.8 Å². The molecule has 6 nitrogen and oxygen atoms in total. The topological polar surface area (TPSA) is 67.4 Å². The minimum absolute atomic E-state index is 0.258. The van der Waals surface area contributed by atoms with Gasteiger partial charge in [0, 0.05) is 24.5 Å². The van der Waals surface area contributed by atoms with Crippen LogP contribution in [-0.4, -0.2) is 42.4 Å². The normalized spacial score (nSPS) is 14.0. The molecule has 3 aromatic rings. The molecule has 2 aromatic carbocycles. The van der Waals surface area contributed by atoms with Crippen LogP contribution in [0.2, 0.25) is 0 Å². The Morgan fingerprint density at radius 1 is 1.10 bits per heavy atom. The number of rotatable bonds is 5. The standard InChI is InChI=1S/C25H28N4O2/c1-17(2)20-14-24(28-26-16-20)25(30)27-21-8-7-18(3)23(15-21)19-5-4-6-22(13-19)29-9-11-31-12-10-29/h4-8,13-17H,9-12H2,1-3H3,(H,27,30). The predicted molar refractivity (Wildman–Crippen MR) is 124 cm³/mol. The fourth-order valence-corrected chi connectivity index (χ4v) is 3.71. The maximum Gasteiger partial charge on any atom is 0.276 e. The summed E-state index contributed by atoms with van der Waals surface area (Å²) < 4.78 is 5.47. The van der Waals surface area contributed by atoms with Crippen molar-refractivity contribution in [1.82, 2.24) is 10.2 Å². The van der Waals surface area contributed by atoms with E-state index in [4.69, 9.17) is 4.74 Å². The Balaban J connectivity index is 1.58. The Labute approximate surface area is 183 Å². The molecule has 0 unspecified atom stereocenters. The molecule has 160 valence electrons. The number of benzene rings is 2. The molecule has 0 spiro atoms. The van der Waals surface area contributed by atoms with Gasteiger partial charge in [-0.3, -0.25) is 4.79 Å². The van der Waals surface area contributed by atoms with Crippen LogP contribution >= 0.6 is 0 Å². The molecule has 1 fully saturated rings. The van der Waals surface area contributed by atoms with Gasteiger partial charge in [-0.1, -0.05) is 32.0 Å². The highest BCUT2D eigenvalue weighted by molar-refractivity contribution is 6.03. The lowest BCUT2D eigenvalue weighted by molar-refractivity contribution is 0.102. The second-order valence-electron chi connectivity index (χ2n) is 8.16. The molecule has 0 radical (unpaired) electrons. The van der Waals surface area contributed by atoms with E-state index in [1.165, 1.54) is 5.69 Å². The summed E-state index contributed by atoms with van der Waals surface area (Å²) >= 11 is 0. The van der Waals surface area contributed by atoms with Gasteiger partial charge in [0.2, 0.25) is 0 Å². The largest absolute Gasteiger partial charge is 0.378 e. The Bertz CT molecular complexity index is 1070. The Morgan fingerprint density at radius 2 is 1.90 bits per heavy atom. The van der Waals surface area contributed by atoms with Crippen molar-refractivity contribution in [2.45, 2.75) is 26.7 Å². The van der Waals surface area contributed by atoms with Gasteiger partial charge >= 0.3 is 0 Å². The Hall–Kier alpha value is -3.25. The summed E-state index contributed by atoms with van der Waals surface area (Å²) in [6.07, 6.45) is 1.70. The van der Waals surface area contributed by atoms with E-state index in [1.807, 2.05) is 18.2 Å². The lowest BCUT2D eigenvalue weighted by atomic mass is 9.99. The number of morpholine rings is 1. The fourth-order valence-electron chi connectivity index (χ4n) is 3.71. The van der Waals surface area contributed by atoms with E-state index < -0.39 is 0 Å². The van der Waals surface area contributed by atoms with Gasteiger partial charge in [0.1, 0.15) is 0 Å². The highest BCUT2D eigenvalue weighted by Crippen LogP contribution is 2.30. The molecule has 1 N–H and O–H groups in total. The predicted octanol–water partition coefficient (Wildman–Crippen LogP) is 4.66. The summed E-state index contributed by atoms with van der Waals surface area (Å²) in [5.41, 5.74) is 6.61. The third kappa shape index (κ3) is 4.91. The van der Waals surface area contributed by atoms with Crippen molar-refractivity contribution in [3.8, 4) is 11.1 Å². The molecule has 0 saturated carbocycles. The number of ether oxygens (including phenoxy) is 1. The van der Waals surface area contributed by atoms with Crippen molar-refractivity contribution in [3.63, 3.8) is 0 Å². The number of nitrogens with one attached hydrogen (secondary N) is 1. The highest BCUT2D eigenvalue weighted by atomic mass is 16.5. The van der Waals surface area contributed by atoms with E-state index in [9.17, 15) is 4.79 Å². The van der Waals surface area contributed by atoms with Crippen LogP contribution in [0.4, 0.5) is 11.4 Å². The van der Waals surface area contributed by atoms with Gasteiger partial charge in [-0.25, -0.2) is 0 Å². The molecular formula is C25H28N4O2. The first kappa shape index (κ1) is 21.0. The van der Waals surface area contributed by atoms with Crippen LogP contribution < -0.4 is 10.2 Å². The van der Waals surface area contributed by atoms with Gasteiger partial charge in [-0.15, -0.1) is 5.10 Å². The van der Waals surface area contributed by atoms with Crippen molar-refractivity contribution in [3.05, 3.63) is 71.5 Å². The minimum Gasteiger partial charge on any atom is -0.378 e. The van der Waals surface area contributed by atoms with Gasteiger partial charge in [0.25, 0.3) is 5.91 Å². The first-order chi connectivity index (χ1) is 15.0. The molecule has 1 aromatic heterocycles.